The van der Waals surface area contributed by atoms with Crippen LogP contribution < -0.4 is 5.73 Å². The molecular formula is C10H12N2O2. The molecule has 4 heteroatoms. The van der Waals surface area contributed by atoms with Crippen LogP contribution in [0, 0.1) is 0 Å². The van der Waals surface area contributed by atoms with Crippen LogP contribution in [0.2, 0.25) is 0 Å². The Labute approximate surface area is 81.4 Å². The number of furan rings is 1. The lowest BCUT2D eigenvalue weighted by molar-refractivity contribution is 0.210. The maximum atomic E-state index is 9.09. The van der Waals surface area contributed by atoms with Crippen LogP contribution in [0.4, 0.5) is 0 Å². The van der Waals surface area contributed by atoms with Crippen molar-refractivity contribution in [3.8, 4) is 0 Å². The Morgan fingerprint density at radius 3 is 3.14 bits per heavy atom. The lowest BCUT2D eigenvalue weighted by Gasteiger charge is -2.21. The number of hydrogen-bond donors (Lipinski definition) is 2. The van der Waals surface area contributed by atoms with Crippen molar-refractivity contribution in [2.75, 3.05) is 6.61 Å². The first-order valence-electron chi connectivity index (χ1n) is 4.37. The lowest BCUT2D eigenvalue weighted by atomic mass is 9.96. The second kappa shape index (κ2) is 3.08. The van der Waals surface area contributed by atoms with E-state index in [1.807, 2.05) is 0 Å². The largest absolute Gasteiger partial charge is 0.463 e. The average Bonchev–Trinajstić information content (AvgIpc) is 2.64. The quantitative estimate of drug-likeness (QED) is 0.744. The molecule has 0 aliphatic rings. The first-order valence-corrected chi connectivity index (χ1v) is 4.37. The number of aliphatic hydroxyl groups is 1. The molecule has 3 N–H and O–H groups in total. The summed E-state index contributed by atoms with van der Waals surface area (Å²) in [4.78, 5) is 4.17. The molecule has 1 atom stereocenters. The summed E-state index contributed by atoms with van der Waals surface area (Å²) in [7, 11) is 0. The van der Waals surface area contributed by atoms with Crippen molar-refractivity contribution in [1.82, 2.24) is 4.98 Å². The number of aliphatic hydroxyl groups excluding tert-OH is 1. The fraction of sp³-hybridized carbons (Fsp3) is 0.300. The van der Waals surface area contributed by atoms with Gasteiger partial charge in [0.1, 0.15) is 5.52 Å². The number of rotatable bonds is 2. The zero-order valence-electron chi connectivity index (χ0n) is 7.90. The standard InChI is InChI=1S/C10H12N2O2/c1-10(11,6-13)7-4-9-8(12-5-7)2-3-14-9/h2-5,13H,6,11H2,1H3/t10-/m1/s1. The molecule has 0 unspecified atom stereocenters. The molecule has 2 aromatic heterocycles. The molecule has 2 rings (SSSR count). The van der Waals surface area contributed by atoms with Crippen LogP contribution in [-0.2, 0) is 5.54 Å². The van der Waals surface area contributed by atoms with E-state index in [-0.39, 0.29) is 6.61 Å². The average molecular weight is 192 g/mol. The van der Waals surface area contributed by atoms with E-state index in [4.69, 9.17) is 15.3 Å². The van der Waals surface area contributed by atoms with Crippen LogP contribution >= 0.6 is 0 Å². The van der Waals surface area contributed by atoms with Crippen LogP contribution in [0.25, 0.3) is 11.1 Å². The van der Waals surface area contributed by atoms with Gasteiger partial charge in [-0.3, -0.25) is 4.98 Å². The van der Waals surface area contributed by atoms with E-state index in [0.29, 0.717) is 5.58 Å². The van der Waals surface area contributed by atoms with Gasteiger partial charge in [-0.25, -0.2) is 0 Å². The zero-order chi connectivity index (χ0) is 10.2. The number of aromatic nitrogens is 1. The molecule has 0 amide bonds. The van der Waals surface area contributed by atoms with Gasteiger partial charge in [0.05, 0.1) is 18.4 Å². The first-order chi connectivity index (χ1) is 6.63. The molecule has 0 spiro atoms. The highest BCUT2D eigenvalue weighted by Gasteiger charge is 2.21. The highest BCUT2D eigenvalue weighted by Crippen LogP contribution is 2.21. The molecule has 74 valence electrons. The van der Waals surface area contributed by atoms with E-state index in [1.54, 1.807) is 31.5 Å². The van der Waals surface area contributed by atoms with Crippen LogP contribution in [0.3, 0.4) is 0 Å². The second-order valence-electron chi connectivity index (χ2n) is 3.60. The third-order valence-electron chi connectivity index (χ3n) is 2.29. The number of nitrogens with zero attached hydrogens (tertiary/aromatic N) is 1. The third kappa shape index (κ3) is 1.38. The van der Waals surface area contributed by atoms with Gasteiger partial charge in [-0.05, 0) is 18.6 Å². The van der Waals surface area contributed by atoms with Crippen molar-refractivity contribution < 1.29 is 9.52 Å². The molecule has 14 heavy (non-hydrogen) atoms. The predicted octanol–water partition coefficient (Wildman–Crippen LogP) is 0.994. The van der Waals surface area contributed by atoms with E-state index in [0.717, 1.165) is 11.1 Å². The van der Waals surface area contributed by atoms with Gasteiger partial charge in [0.25, 0.3) is 0 Å². The molecule has 0 aromatic carbocycles. The molecule has 4 nitrogen and oxygen atoms in total. The van der Waals surface area contributed by atoms with Crippen LogP contribution in [0.5, 0.6) is 0 Å². The normalized spacial score (nSPS) is 15.6. The van der Waals surface area contributed by atoms with Crippen molar-refractivity contribution in [3.05, 3.63) is 30.2 Å². The highest BCUT2D eigenvalue weighted by molar-refractivity contribution is 5.72. The van der Waals surface area contributed by atoms with Crippen molar-refractivity contribution in [2.45, 2.75) is 12.5 Å². The lowest BCUT2D eigenvalue weighted by Crippen LogP contribution is -2.36. The number of hydrogen-bond acceptors (Lipinski definition) is 4. The van der Waals surface area contributed by atoms with Crippen molar-refractivity contribution in [3.63, 3.8) is 0 Å². The molecular weight excluding hydrogens is 180 g/mol. The molecule has 0 radical (unpaired) electrons. The molecule has 2 heterocycles. The minimum atomic E-state index is -0.770. The summed E-state index contributed by atoms with van der Waals surface area (Å²) in [6, 6.07) is 3.59. The van der Waals surface area contributed by atoms with Gasteiger partial charge in [0, 0.05) is 12.3 Å². The van der Waals surface area contributed by atoms with Gasteiger partial charge < -0.3 is 15.3 Å². The van der Waals surface area contributed by atoms with E-state index in [1.165, 1.54) is 0 Å². The van der Waals surface area contributed by atoms with Crippen molar-refractivity contribution >= 4 is 11.1 Å². The Hall–Kier alpha value is -1.39. The minimum absolute atomic E-state index is 0.124. The smallest absolute Gasteiger partial charge is 0.152 e. The van der Waals surface area contributed by atoms with Gasteiger partial charge in [0.15, 0.2) is 5.58 Å². The summed E-state index contributed by atoms with van der Waals surface area (Å²) >= 11 is 0. The van der Waals surface area contributed by atoms with E-state index in [2.05, 4.69) is 4.98 Å². The molecule has 0 aliphatic heterocycles. The number of fused-ring (bicyclic) bond motifs is 1. The molecule has 0 aliphatic carbocycles. The van der Waals surface area contributed by atoms with E-state index >= 15 is 0 Å². The van der Waals surface area contributed by atoms with Gasteiger partial charge >= 0.3 is 0 Å². The van der Waals surface area contributed by atoms with E-state index in [9.17, 15) is 0 Å². The van der Waals surface area contributed by atoms with Gasteiger partial charge in [-0.2, -0.15) is 0 Å². The maximum absolute atomic E-state index is 9.09. The summed E-state index contributed by atoms with van der Waals surface area (Å²) in [5.74, 6) is 0. The third-order valence-corrected chi connectivity index (χ3v) is 2.29. The molecule has 0 saturated heterocycles. The summed E-state index contributed by atoms with van der Waals surface area (Å²) in [5.41, 5.74) is 7.34. The summed E-state index contributed by atoms with van der Waals surface area (Å²) in [6.45, 7) is 1.62. The highest BCUT2D eigenvalue weighted by atomic mass is 16.3. The van der Waals surface area contributed by atoms with Crippen LogP contribution in [0.1, 0.15) is 12.5 Å². The fourth-order valence-electron chi connectivity index (χ4n) is 1.25. The van der Waals surface area contributed by atoms with Crippen LogP contribution in [-0.4, -0.2) is 16.7 Å². The number of pyridine rings is 1. The Morgan fingerprint density at radius 1 is 1.64 bits per heavy atom. The number of nitrogens with two attached hydrogens (primary N) is 1. The second-order valence-corrected chi connectivity index (χ2v) is 3.60. The monoisotopic (exact) mass is 192 g/mol. The van der Waals surface area contributed by atoms with Crippen LogP contribution in [0.15, 0.2) is 29.0 Å². The maximum Gasteiger partial charge on any atom is 0.152 e. The summed E-state index contributed by atoms with van der Waals surface area (Å²) in [6.07, 6.45) is 3.24. The zero-order valence-corrected chi connectivity index (χ0v) is 7.90. The topological polar surface area (TPSA) is 72.3 Å². The Kier molecular flexibility index (Phi) is 2.02. The summed E-state index contributed by atoms with van der Waals surface area (Å²) in [5, 5.41) is 9.09. The van der Waals surface area contributed by atoms with Gasteiger partial charge in [-0.1, -0.05) is 0 Å². The van der Waals surface area contributed by atoms with E-state index < -0.39 is 5.54 Å². The Balaban J connectivity index is 2.53. The molecule has 2 aromatic rings. The Bertz CT molecular complexity index is 448. The molecule has 0 fully saturated rings. The minimum Gasteiger partial charge on any atom is -0.463 e. The Morgan fingerprint density at radius 2 is 2.43 bits per heavy atom. The SMILES string of the molecule is C[C@@](N)(CO)c1cnc2ccoc2c1. The van der Waals surface area contributed by atoms with Gasteiger partial charge in [0.2, 0.25) is 0 Å². The van der Waals surface area contributed by atoms with Crippen molar-refractivity contribution in [2.24, 2.45) is 5.73 Å². The first kappa shape index (κ1) is 9.18. The molecule has 0 saturated carbocycles. The van der Waals surface area contributed by atoms with Crippen molar-refractivity contribution in [1.29, 1.82) is 0 Å². The predicted molar refractivity (Wildman–Crippen MR) is 52.6 cm³/mol. The van der Waals surface area contributed by atoms with Gasteiger partial charge in [-0.15, -0.1) is 0 Å². The fourth-order valence-corrected chi connectivity index (χ4v) is 1.25. The summed E-state index contributed by atoms with van der Waals surface area (Å²) < 4.78 is 5.20. The molecule has 0 bridgehead atoms.